The maximum absolute atomic E-state index is 12.5. The molecule has 0 aliphatic carbocycles. The lowest BCUT2D eigenvalue weighted by atomic mass is 10.0. The molecule has 0 unspecified atom stereocenters. The molecule has 6 nitrogen and oxygen atoms in total. The number of urea groups is 1. The molecule has 0 radical (unpaired) electrons. The van der Waals surface area contributed by atoms with Gasteiger partial charge in [-0.15, -0.1) is 0 Å². The lowest BCUT2D eigenvalue weighted by molar-refractivity contribution is 0.251. The van der Waals surface area contributed by atoms with Gasteiger partial charge in [0, 0.05) is 23.9 Å². The Morgan fingerprint density at radius 3 is 2.10 bits per heavy atom. The smallest absolute Gasteiger partial charge is 0.319 e. The first kappa shape index (κ1) is 21.0. The van der Waals surface area contributed by atoms with Gasteiger partial charge in [-0.25, -0.2) is 4.79 Å². The van der Waals surface area contributed by atoms with Gasteiger partial charge in [0.25, 0.3) is 0 Å². The summed E-state index contributed by atoms with van der Waals surface area (Å²) in [5.41, 5.74) is 3.78. The zero-order valence-corrected chi connectivity index (χ0v) is 17.4. The molecule has 0 saturated heterocycles. The van der Waals surface area contributed by atoms with Gasteiger partial charge in [0.1, 0.15) is 5.75 Å². The molecular formula is C24H26N2O4. The summed E-state index contributed by atoms with van der Waals surface area (Å²) in [7, 11) is 4.71. The van der Waals surface area contributed by atoms with Crippen LogP contribution in [0.25, 0.3) is 0 Å². The van der Waals surface area contributed by atoms with Crippen LogP contribution in [-0.2, 0) is 13.0 Å². The van der Waals surface area contributed by atoms with Crippen molar-refractivity contribution in [2.45, 2.75) is 13.0 Å². The van der Waals surface area contributed by atoms with Crippen LogP contribution >= 0.6 is 0 Å². The Kier molecular flexibility index (Phi) is 7.16. The molecule has 0 bridgehead atoms. The third-order valence-corrected chi connectivity index (χ3v) is 4.73. The number of carbonyl (C=O) groups excluding carboxylic acids is 1. The van der Waals surface area contributed by atoms with Crippen molar-refractivity contribution in [2.75, 3.05) is 26.6 Å². The first-order valence-corrected chi connectivity index (χ1v) is 9.60. The second-order valence-electron chi connectivity index (χ2n) is 6.65. The van der Waals surface area contributed by atoms with E-state index < -0.39 is 0 Å². The zero-order valence-electron chi connectivity index (χ0n) is 17.4. The fraction of sp³-hybridized carbons (Fsp3) is 0.208. The molecule has 3 aromatic rings. The summed E-state index contributed by atoms with van der Waals surface area (Å²) in [5, 5.41) is 5.82. The Hall–Kier alpha value is -3.67. The van der Waals surface area contributed by atoms with Crippen LogP contribution in [0.3, 0.4) is 0 Å². The number of methoxy groups -OCH3 is 3. The second-order valence-corrected chi connectivity index (χ2v) is 6.65. The Balaban J connectivity index is 1.69. The lowest BCUT2D eigenvalue weighted by Gasteiger charge is -2.15. The highest BCUT2D eigenvalue weighted by atomic mass is 16.5. The number of hydrogen-bond donors (Lipinski definition) is 2. The Morgan fingerprint density at radius 2 is 1.40 bits per heavy atom. The molecule has 0 spiro atoms. The highest BCUT2D eigenvalue weighted by molar-refractivity contribution is 5.90. The molecule has 0 fully saturated rings. The third kappa shape index (κ3) is 5.23. The molecule has 156 valence electrons. The van der Waals surface area contributed by atoms with Crippen LogP contribution in [0.15, 0.2) is 66.7 Å². The van der Waals surface area contributed by atoms with Crippen molar-refractivity contribution in [3.05, 3.63) is 83.4 Å². The summed E-state index contributed by atoms with van der Waals surface area (Å²) in [4.78, 5) is 12.5. The van der Waals surface area contributed by atoms with Crippen LogP contribution in [0.2, 0.25) is 0 Å². The van der Waals surface area contributed by atoms with E-state index in [2.05, 4.69) is 22.8 Å². The zero-order chi connectivity index (χ0) is 21.3. The normalized spacial score (nSPS) is 10.2. The van der Waals surface area contributed by atoms with Crippen LogP contribution in [0.1, 0.15) is 16.7 Å². The highest BCUT2D eigenvalue weighted by Crippen LogP contribution is 2.34. The van der Waals surface area contributed by atoms with Gasteiger partial charge in [-0.1, -0.05) is 48.5 Å². The topological polar surface area (TPSA) is 68.8 Å². The van der Waals surface area contributed by atoms with E-state index in [4.69, 9.17) is 14.2 Å². The van der Waals surface area contributed by atoms with Crippen molar-refractivity contribution in [2.24, 2.45) is 0 Å². The average Bonchev–Trinajstić information content (AvgIpc) is 2.79. The molecule has 0 atom stereocenters. The van der Waals surface area contributed by atoms with E-state index in [9.17, 15) is 4.79 Å². The molecule has 3 rings (SSSR count). The van der Waals surface area contributed by atoms with Gasteiger partial charge < -0.3 is 24.8 Å². The number of para-hydroxylation sites is 1. The molecule has 30 heavy (non-hydrogen) atoms. The highest BCUT2D eigenvalue weighted by Gasteiger charge is 2.13. The van der Waals surface area contributed by atoms with Crippen LogP contribution in [-0.4, -0.2) is 27.4 Å². The number of carbonyl (C=O) groups is 1. The largest absolute Gasteiger partial charge is 0.496 e. The summed E-state index contributed by atoms with van der Waals surface area (Å²) < 4.78 is 16.1. The third-order valence-electron chi connectivity index (χ3n) is 4.73. The number of amides is 2. The predicted molar refractivity (Wildman–Crippen MR) is 118 cm³/mol. The standard InChI is InChI=1S/C24H26N2O4/c1-28-21-15-23(30-3)22(29-2)14-19(21)16-25-24(27)26-20-12-8-7-11-18(20)13-17-9-5-4-6-10-17/h4-12,14-15H,13,16H2,1-3H3,(H2,25,26,27). The van der Waals surface area contributed by atoms with E-state index in [1.54, 1.807) is 33.5 Å². The SMILES string of the molecule is COc1cc(OC)c(OC)cc1CNC(=O)Nc1ccccc1Cc1ccccc1. The Labute approximate surface area is 176 Å². The number of anilines is 1. The molecule has 0 aliphatic rings. The molecule has 2 N–H and O–H groups in total. The van der Waals surface area contributed by atoms with E-state index in [1.165, 1.54) is 5.56 Å². The number of benzene rings is 3. The van der Waals surface area contributed by atoms with E-state index in [1.807, 2.05) is 42.5 Å². The van der Waals surface area contributed by atoms with Crippen LogP contribution < -0.4 is 24.8 Å². The molecule has 0 heterocycles. The number of rotatable bonds is 8. The van der Waals surface area contributed by atoms with Gasteiger partial charge in [-0.2, -0.15) is 0 Å². The minimum absolute atomic E-state index is 0.274. The maximum atomic E-state index is 12.5. The molecule has 0 aliphatic heterocycles. The van der Waals surface area contributed by atoms with Gasteiger partial charge in [0.15, 0.2) is 11.5 Å². The van der Waals surface area contributed by atoms with Crippen molar-refractivity contribution < 1.29 is 19.0 Å². The van der Waals surface area contributed by atoms with Gasteiger partial charge in [-0.05, 0) is 29.7 Å². The predicted octanol–water partition coefficient (Wildman–Crippen LogP) is 4.62. The maximum Gasteiger partial charge on any atom is 0.319 e. The van der Waals surface area contributed by atoms with Gasteiger partial charge in [-0.3, -0.25) is 0 Å². The van der Waals surface area contributed by atoms with Crippen molar-refractivity contribution in [3.8, 4) is 17.2 Å². The van der Waals surface area contributed by atoms with Crippen LogP contribution in [0, 0.1) is 0 Å². The fourth-order valence-corrected chi connectivity index (χ4v) is 3.18. The lowest BCUT2D eigenvalue weighted by Crippen LogP contribution is -2.28. The van der Waals surface area contributed by atoms with Gasteiger partial charge in [0.2, 0.25) is 0 Å². The summed E-state index contributed by atoms with van der Waals surface area (Å²) in [6, 6.07) is 21.2. The van der Waals surface area contributed by atoms with Crippen molar-refractivity contribution in [1.29, 1.82) is 0 Å². The number of nitrogens with one attached hydrogen (secondary N) is 2. The summed E-state index contributed by atoms with van der Waals surface area (Å²) in [6.07, 6.45) is 0.737. The quantitative estimate of drug-likeness (QED) is 0.573. The molecular weight excluding hydrogens is 380 g/mol. The van der Waals surface area contributed by atoms with Crippen molar-refractivity contribution >= 4 is 11.7 Å². The minimum Gasteiger partial charge on any atom is -0.496 e. The van der Waals surface area contributed by atoms with E-state index in [0.717, 1.165) is 23.2 Å². The Morgan fingerprint density at radius 1 is 0.767 bits per heavy atom. The second kappa shape index (κ2) is 10.2. The van der Waals surface area contributed by atoms with E-state index >= 15 is 0 Å². The Bertz CT molecular complexity index is 990. The van der Waals surface area contributed by atoms with Crippen molar-refractivity contribution in [1.82, 2.24) is 5.32 Å². The summed E-state index contributed by atoms with van der Waals surface area (Å²) in [6.45, 7) is 0.274. The van der Waals surface area contributed by atoms with Gasteiger partial charge >= 0.3 is 6.03 Å². The van der Waals surface area contributed by atoms with Gasteiger partial charge in [0.05, 0.1) is 21.3 Å². The van der Waals surface area contributed by atoms with Crippen LogP contribution in [0.5, 0.6) is 17.2 Å². The summed E-state index contributed by atoms with van der Waals surface area (Å²) >= 11 is 0. The van der Waals surface area contributed by atoms with Crippen LogP contribution in [0.4, 0.5) is 10.5 Å². The van der Waals surface area contributed by atoms with E-state index in [-0.39, 0.29) is 12.6 Å². The molecule has 3 aromatic carbocycles. The number of hydrogen-bond acceptors (Lipinski definition) is 4. The van der Waals surface area contributed by atoms with E-state index in [0.29, 0.717) is 17.2 Å². The fourth-order valence-electron chi connectivity index (χ4n) is 3.18. The number of ether oxygens (including phenoxy) is 3. The monoisotopic (exact) mass is 406 g/mol. The molecule has 2 amide bonds. The molecule has 0 aromatic heterocycles. The summed E-state index contributed by atoms with van der Waals surface area (Å²) in [5.74, 6) is 1.75. The minimum atomic E-state index is -0.299. The molecule has 6 heteroatoms. The molecule has 0 saturated carbocycles. The van der Waals surface area contributed by atoms with Crippen molar-refractivity contribution in [3.63, 3.8) is 0 Å². The average molecular weight is 406 g/mol. The first-order valence-electron chi connectivity index (χ1n) is 9.60. The first-order chi connectivity index (χ1) is 14.6.